The number of carbonyl (C=O) groups is 1. The third-order valence-electron chi connectivity index (χ3n) is 6.79. The van der Waals surface area contributed by atoms with Crippen LogP contribution in [-0.4, -0.2) is 63.6 Å². The van der Waals surface area contributed by atoms with Crippen LogP contribution < -0.4 is 5.32 Å². The molecular formula is C30H51NO7Si. The van der Waals surface area contributed by atoms with Gasteiger partial charge in [-0.1, -0.05) is 63.3 Å². The normalized spacial score (nSPS) is 21.6. The zero-order valence-electron chi connectivity index (χ0n) is 25.8. The molecule has 2 rings (SSSR count). The topological polar surface area (TPSA) is 84.5 Å². The van der Waals surface area contributed by atoms with E-state index in [1.165, 1.54) is 0 Å². The van der Waals surface area contributed by atoms with Gasteiger partial charge in [-0.2, -0.15) is 0 Å². The van der Waals surface area contributed by atoms with E-state index in [9.17, 15) is 4.79 Å². The van der Waals surface area contributed by atoms with Crippen molar-refractivity contribution in [1.82, 2.24) is 5.32 Å². The van der Waals surface area contributed by atoms with Crippen molar-refractivity contribution in [3.05, 3.63) is 48.0 Å². The average Bonchev–Trinajstić information content (AvgIpc) is 3.11. The van der Waals surface area contributed by atoms with Gasteiger partial charge in [0, 0.05) is 0 Å². The molecule has 0 saturated carbocycles. The Hall–Kier alpha value is -1.75. The van der Waals surface area contributed by atoms with Gasteiger partial charge in [-0.25, -0.2) is 4.79 Å². The van der Waals surface area contributed by atoms with Crippen molar-refractivity contribution in [2.45, 2.75) is 123 Å². The standard InChI is InChI=1S/C30H51NO7Si/c1-22(34-21-33-19-23-15-13-12-14-16-23)17-18-24(31-27(32)38-28(2,3)4)26-25(36-30(8,9)37-26)20-35-39(10,11)29(5,6)7/h12-18,22,24-26H,19-21H2,1-11H3,(H,31,32)/b18-17+/t22-,24-,25+,26+/m1/s1. The number of hydrogen-bond donors (Lipinski definition) is 1. The van der Waals surface area contributed by atoms with Gasteiger partial charge in [0.05, 0.1) is 25.4 Å². The van der Waals surface area contributed by atoms with Crippen LogP contribution in [0.2, 0.25) is 18.1 Å². The smallest absolute Gasteiger partial charge is 0.408 e. The number of rotatable bonds is 12. The van der Waals surface area contributed by atoms with Crippen molar-refractivity contribution in [3.8, 4) is 0 Å². The van der Waals surface area contributed by atoms with Crippen LogP contribution in [0.4, 0.5) is 4.79 Å². The molecule has 1 amide bonds. The highest BCUT2D eigenvalue weighted by atomic mass is 28.4. The lowest BCUT2D eigenvalue weighted by Crippen LogP contribution is -2.50. The summed E-state index contributed by atoms with van der Waals surface area (Å²) in [5.74, 6) is -0.832. The van der Waals surface area contributed by atoms with E-state index in [2.05, 4.69) is 39.2 Å². The molecule has 1 aliphatic heterocycles. The lowest BCUT2D eigenvalue weighted by Gasteiger charge is -2.37. The first-order valence-corrected chi connectivity index (χ1v) is 16.7. The van der Waals surface area contributed by atoms with Crippen LogP contribution >= 0.6 is 0 Å². The van der Waals surface area contributed by atoms with Gasteiger partial charge in [0.2, 0.25) is 0 Å². The Morgan fingerprint density at radius 3 is 2.31 bits per heavy atom. The monoisotopic (exact) mass is 565 g/mol. The lowest BCUT2D eigenvalue weighted by molar-refractivity contribution is -0.149. The second-order valence-electron chi connectivity index (χ2n) is 13.1. The zero-order chi connectivity index (χ0) is 29.5. The first kappa shape index (κ1) is 33.5. The third-order valence-corrected chi connectivity index (χ3v) is 11.3. The summed E-state index contributed by atoms with van der Waals surface area (Å²) in [6.07, 6.45) is 2.09. The molecule has 0 aromatic heterocycles. The van der Waals surface area contributed by atoms with E-state index in [1.54, 1.807) is 0 Å². The van der Waals surface area contributed by atoms with E-state index in [-0.39, 0.29) is 24.0 Å². The van der Waals surface area contributed by atoms with Gasteiger partial charge in [0.1, 0.15) is 24.6 Å². The molecule has 1 fully saturated rings. The number of carbonyl (C=O) groups excluding carboxylic acids is 1. The molecule has 8 nitrogen and oxygen atoms in total. The molecule has 0 unspecified atom stereocenters. The van der Waals surface area contributed by atoms with Gasteiger partial charge in [-0.15, -0.1) is 0 Å². The van der Waals surface area contributed by atoms with Crippen LogP contribution in [0.1, 0.15) is 67.9 Å². The molecule has 1 aliphatic rings. The minimum atomic E-state index is -2.03. The number of alkyl carbamates (subject to hydrolysis) is 1. The van der Waals surface area contributed by atoms with Gasteiger partial charge < -0.3 is 33.4 Å². The maximum atomic E-state index is 12.8. The molecule has 0 spiro atoms. The van der Waals surface area contributed by atoms with Crippen molar-refractivity contribution in [2.24, 2.45) is 0 Å². The molecule has 222 valence electrons. The first-order valence-electron chi connectivity index (χ1n) is 13.8. The van der Waals surface area contributed by atoms with E-state index >= 15 is 0 Å². The highest BCUT2D eigenvalue weighted by molar-refractivity contribution is 6.74. The van der Waals surface area contributed by atoms with Crippen molar-refractivity contribution in [2.75, 3.05) is 13.4 Å². The van der Waals surface area contributed by atoms with Crippen LogP contribution in [0.25, 0.3) is 0 Å². The minimum Gasteiger partial charge on any atom is -0.444 e. The first-order chi connectivity index (χ1) is 17.9. The second kappa shape index (κ2) is 13.7. The van der Waals surface area contributed by atoms with Gasteiger partial charge >= 0.3 is 6.09 Å². The Kier molecular flexibility index (Phi) is 11.8. The molecule has 1 aromatic carbocycles. The highest BCUT2D eigenvalue weighted by Crippen LogP contribution is 2.38. The zero-order valence-corrected chi connectivity index (χ0v) is 26.8. The fourth-order valence-electron chi connectivity index (χ4n) is 3.71. The predicted molar refractivity (Wildman–Crippen MR) is 156 cm³/mol. The third kappa shape index (κ3) is 11.7. The van der Waals surface area contributed by atoms with Gasteiger partial charge in [-0.3, -0.25) is 0 Å². The number of amides is 1. The predicted octanol–water partition coefficient (Wildman–Crippen LogP) is 6.56. The summed E-state index contributed by atoms with van der Waals surface area (Å²) < 4.78 is 36.1. The summed E-state index contributed by atoms with van der Waals surface area (Å²) in [6, 6.07) is 9.40. The molecule has 39 heavy (non-hydrogen) atoms. The molecule has 0 aliphatic carbocycles. The maximum absolute atomic E-state index is 12.8. The number of nitrogens with one attached hydrogen (secondary N) is 1. The summed E-state index contributed by atoms with van der Waals surface area (Å²) in [5, 5.41) is 3.03. The molecule has 1 N–H and O–H groups in total. The molecule has 1 aromatic rings. The quantitative estimate of drug-likeness (QED) is 0.133. The van der Waals surface area contributed by atoms with E-state index in [0.29, 0.717) is 13.2 Å². The fourth-order valence-corrected chi connectivity index (χ4v) is 4.72. The van der Waals surface area contributed by atoms with Gasteiger partial charge in [0.15, 0.2) is 14.1 Å². The van der Waals surface area contributed by atoms with Crippen LogP contribution in [0.5, 0.6) is 0 Å². The summed E-state index contributed by atoms with van der Waals surface area (Å²) in [7, 11) is -2.03. The lowest BCUT2D eigenvalue weighted by atomic mass is 10.0. The maximum Gasteiger partial charge on any atom is 0.408 e. The van der Waals surface area contributed by atoms with Crippen LogP contribution in [0, 0.1) is 0 Å². The average molecular weight is 566 g/mol. The number of ether oxygens (including phenoxy) is 5. The van der Waals surface area contributed by atoms with Gasteiger partial charge in [0.25, 0.3) is 0 Å². The van der Waals surface area contributed by atoms with Crippen LogP contribution in [0.3, 0.4) is 0 Å². The number of hydrogen-bond acceptors (Lipinski definition) is 7. The molecule has 1 heterocycles. The molecular weight excluding hydrogens is 514 g/mol. The van der Waals surface area contributed by atoms with E-state index < -0.39 is 37.9 Å². The van der Waals surface area contributed by atoms with E-state index in [1.807, 2.05) is 84.0 Å². The molecule has 0 radical (unpaired) electrons. The van der Waals surface area contributed by atoms with Crippen LogP contribution in [-0.2, 0) is 34.7 Å². The number of benzene rings is 1. The SMILES string of the molecule is C[C@H](/C=C/[C@@H](NC(=O)OC(C)(C)C)[C@@H]1OC(C)(C)O[C@H]1CO[Si](C)(C)C(C)(C)C)OCOCc1ccccc1. The van der Waals surface area contributed by atoms with Crippen LogP contribution in [0.15, 0.2) is 42.5 Å². The minimum absolute atomic E-state index is 0.0564. The van der Waals surface area contributed by atoms with Crippen molar-refractivity contribution >= 4 is 14.4 Å². The summed E-state index contributed by atoms with van der Waals surface area (Å²) in [6.45, 7) is 23.1. The second-order valence-corrected chi connectivity index (χ2v) is 17.9. The summed E-state index contributed by atoms with van der Waals surface area (Å²) in [4.78, 5) is 12.8. The Morgan fingerprint density at radius 1 is 1.08 bits per heavy atom. The van der Waals surface area contributed by atoms with E-state index in [0.717, 1.165) is 5.56 Å². The van der Waals surface area contributed by atoms with Gasteiger partial charge in [-0.05, 0) is 65.2 Å². The Morgan fingerprint density at radius 2 is 1.72 bits per heavy atom. The largest absolute Gasteiger partial charge is 0.444 e. The van der Waals surface area contributed by atoms with Crippen molar-refractivity contribution in [1.29, 1.82) is 0 Å². The van der Waals surface area contributed by atoms with Crippen molar-refractivity contribution in [3.63, 3.8) is 0 Å². The van der Waals surface area contributed by atoms with Crippen molar-refractivity contribution < 1.29 is 32.9 Å². The molecule has 4 atom stereocenters. The Balaban J connectivity index is 2.12. The van der Waals surface area contributed by atoms with E-state index in [4.69, 9.17) is 28.1 Å². The summed E-state index contributed by atoms with van der Waals surface area (Å²) >= 11 is 0. The fraction of sp³-hybridized carbons (Fsp3) is 0.700. The Labute approximate surface area is 236 Å². The molecule has 0 bridgehead atoms. The molecule has 1 saturated heterocycles. The molecule has 9 heteroatoms. The highest BCUT2D eigenvalue weighted by Gasteiger charge is 2.47. The summed E-state index contributed by atoms with van der Waals surface area (Å²) in [5.41, 5.74) is 0.444. The Bertz CT molecular complexity index is 921.